The maximum Gasteiger partial charge on any atom is 0.0363 e. The molecule has 12 heavy (non-hydrogen) atoms. The molecular weight excluding hydrogens is 146 g/mol. The number of nitrogens with one attached hydrogen (secondary N) is 1. The zero-order chi connectivity index (χ0) is 7.97. The molecule has 0 radical (unpaired) electrons. The van der Waals surface area contributed by atoms with Gasteiger partial charge in [0, 0.05) is 12.6 Å². The number of hydrogen-bond acceptors (Lipinski definition) is 1. The van der Waals surface area contributed by atoms with Crippen molar-refractivity contribution in [1.29, 1.82) is 0 Å². The smallest absolute Gasteiger partial charge is 0.0363 e. The Morgan fingerprint density at radius 3 is 3.00 bits per heavy atom. The number of rotatable bonds is 0. The van der Waals surface area contributed by atoms with Crippen LogP contribution in [0.25, 0.3) is 0 Å². The van der Waals surface area contributed by atoms with Crippen LogP contribution in [-0.4, -0.2) is 6.54 Å². The maximum absolute atomic E-state index is 3.50. The van der Waals surface area contributed by atoms with Gasteiger partial charge in [-0.05, 0) is 29.9 Å². The van der Waals surface area contributed by atoms with Crippen molar-refractivity contribution in [2.75, 3.05) is 6.54 Å². The standard InChI is InChI=1S/C11H13N/c1-2-4-10-8(3-1)5-6-9-7-12-11(9)10/h1-4,9,11-12H,5-7H2/t9-,11+/m0/s1. The van der Waals surface area contributed by atoms with Crippen molar-refractivity contribution in [3.8, 4) is 0 Å². The lowest BCUT2D eigenvalue weighted by molar-refractivity contribution is 0.207. The van der Waals surface area contributed by atoms with Crippen LogP contribution >= 0.6 is 0 Å². The minimum absolute atomic E-state index is 0.690. The highest BCUT2D eigenvalue weighted by molar-refractivity contribution is 5.34. The number of hydrogen-bond donors (Lipinski definition) is 1. The van der Waals surface area contributed by atoms with Crippen molar-refractivity contribution in [2.24, 2.45) is 5.92 Å². The molecule has 1 aromatic rings. The minimum Gasteiger partial charge on any atom is -0.309 e. The van der Waals surface area contributed by atoms with Crippen LogP contribution in [0.15, 0.2) is 24.3 Å². The van der Waals surface area contributed by atoms with E-state index in [9.17, 15) is 0 Å². The van der Waals surface area contributed by atoms with Gasteiger partial charge >= 0.3 is 0 Å². The summed E-state index contributed by atoms with van der Waals surface area (Å²) in [6.07, 6.45) is 2.67. The third-order valence-corrected chi connectivity index (χ3v) is 3.25. The van der Waals surface area contributed by atoms with E-state index in [0.717, 1.165) is 5.92 Å². The third kappa shape index (κ3) is 0.774. The second kappa shape index (κ2) is 2.33. The van der Waals surface area contributed by atoms with E-state index in [1.54, 1.807) is 11.1 Å². The molecule has 1 fully saturated rings. The zero-order valence-corrected chi connectivity index (χ0v) is 7.09. The van der Waals surface area contributed by atoms with Gasteiger partial charge < -0.3 is 5.32 Å². The van der Waals surface area contributed by atoms with E-state index in [4.69, 9.17) is 0 Å². The molecule has 3 rings (SSSR count). The molecule has 1 aliphatic carbocycles. The Hall–Kier alpha value is -0.820. The fraction of sp³-hybridized carbons (Fsp3) is 0.455. The van der Waals surface area contributed by atoms with E-state index >= 15 is 0 Å². The summed E-state index contributed by atoms with van der Waals surface area (Å²) in [5.41, 5.74) is 3.12. The first kappa shape index (κ1) is 6.67. The van der Waals surface area contributed by atoms with E-state index in [2.05, 4.69) is 29.6 Å². The Bertz CT molecular complexity index is 306. The molecule has 0 spiro atoms. The molecule has 0 amide bonds. The maximum atomic E-state index is 3.50. The van der Waals surface area contributed by atoms with E-state index in [0.29, 0.717) is 6.04 Å². The summed E-state index contributed by atoms with van der Waals surface area (Å²) >= 11 is 0. The molecule has 0 saturated carbocycles. The molecule has 1 nitrogen and oxygen atoms in total. The van der Waals surface area contributed by atoms with Gasteiger partial charge in [-0.15, -0.1) is 0 Å². The second-order valence-electron chi connectivity index (χ2n) is 3.88. The summed E-state index contributed by atoms with van der Waals surface area (Å²) in [6.45, 7) is 1.24. The van der Waals surface area contributed by atoms with Gasteiger partial charge in [0.25, 0.3) is 0 Å². The van der Waals surface area contributed by atoms with Gasteiger partial charge in [-0.2, -0.15) is 0 Å². The SMILES string of the molecule is c1ccc2c(c1)CC[C@H]1CN[C@@H]21. The van der Waals surface area contributed by atoms with Crippen LogP contribution < -0.4 is 5.32 Å². The molecule has 62 valence electrons. The molecule has 1 N–H and O–H groups in total. The molecule has 0 unspecified atom stereocenters. The van der Waals surface area contributed by atoms with Gasteiger partial charge in [0.1, 0.15) is 0 Å². The van der Waals surface area contributed by atoms with Crippen LogP contribution in [0, 0.1) is 5.92 Å². The van der Waals surface area contributed by atoms with Gasteiger partial charge in [-0.1, -0.05) is 24.3 Å². The lowest BCUT2D eigenvalue weighted by Crippen LogP contribution is -2.48. The summed E-state index contributed by atoms with van der Waals surface area (Å²) in [4.78, 5) is 0. The predicted molar refractivity (Wildman–Crippen MR) is 49.0 cm³/mol. The number of fused-ring (bicyclic) bond motifs is 3. The second-order valence-corrected chi connectivity index (χ2v) is 3.88. The van der Waals surface area contributed by atoms with Gasteiger partial charge in [-0.3, -0.25) is 0 Å². The van der Waals surface area contributed by atoms with E-state index < -0.39 is 0 Å². The summed E-state index contributed by atoms with van der Waals surface area (Å²) < 4.78 is 0. The molecule has 2 atom stereocenters. The largest absolute Gasteiger partial charge is 0.309 e. The Morgan fingerprint density at radius 1 is 1.25 bits per heavy atom. The van der Waals surface area contributed by atoms with Gasteiger partial charge in [-0.25, -0.2) is 0 Å². The lowest BCUT2D eigenvalue weighted by atomic mass is 9.75. The van der Waals surface area contributed by atoms with Crippen LogP contribution in [-0.2, 0) is 6.42 Å². The van der Waals surface area contributed by atoms with Crippen molar-refractivity contribution in [3.63, 3.8) is 0 Å². The highest BCUT2D eigenvalue weighted by atomic mass is 15.0. The Kier molecular flexibility index (Phi) is 1.30. The third-order valence-electron chi connectivity index (χ3n) is 3.25. The molecule has 1 aliphatic heterocycles. The molecule has 0 aromatic heterocycles. The zero-order valence-electron chi connectivity index (χ0n) is 7.09. The summed E-state index contributed by atoms with van der Waals surface area (Å²) in [5, 5.41) is 3.50. The first-order valence-electron chi connectivity index (χ1n) is 4.76. The number of benzene rings is 1. The Morgan fingerprint density at radius 2 is 2.17 bits per heavy atom. The first-order chi connectivity index (χ1) is 5.95. The van der Waals surface area contributed by atoms with E-state index in [-0.39, 0.29) is 0 Å². The fourth-order valence-corrected chi connectivity index (χ4v) is 2.44. The monoisotopic (exact) mass is 159 g/mol. The van der Waals surface area contributed by atoms with Gasteiger partial charge in [0.15, 0.2) is 0 Å². The van der Waals surface area contributed by atoms with Gasteiger partial charge in [0.05, 0.1) is 0 Å². The summed E-state index contributed by atoms with van der Waals surface area (Å²) in [7, 11) is 0. The fourth-order valence-electron chi connectivity index (χ4n) is 2.44. The predicted octanol–water partition coefficient (Wildman–Crippen LogP) is 1.89. The topological polar surface area (TPSA) is 12.0 Å². The van der Waals surface area contributed by atoms with Crippen LogP contribution in [0.4, 0.5) is 0 Å². The number of aryl methyl sites for hydroxylation is 1. The molecule has 0 bridgehead atoms. The molecule has 1 aromatic carbocycles. The Balaban J connectivity index is 2.07. The normalized spacial score (nSPS) is 31.7. The summed E-state index contributed by atoms with van der Waals surface area (Å²) in [5.74, 6) is 0.930. The highest BCUT2D eigenvalue weighted by Crippen LogP contribution is 2.38. The quantitative estimate of drug-likeness (QED) is 0.609. The molecule has 1 heterocycles. The molecular formula is C11H13N. The van der Waals surface area contributed by atoms with Crippen LogP contribution in [0.2, 0.25) is 0 Å². The van der Waals surface area contributed by atoms with E-state index in [1.807, 2.05) is 0 Å². The highest BCUT2D eigenvalue weighted by Gasteiger charge is 2.35. The molecule has 2 aliphatic rings. The first-order valence-corrected chi connectivity index (χ1v) is 4.76. The Labute approximate surface area is 72.8 Å². The van der Waals surface area contributed by atoms with Crippen LogP contribution in [0.1, 0.15) is 23.6 Å². The lowest BCUT2D eigenvalue weighted by Gasteiger charge is -2.43. The van der Waals surface area contributed by atoms with E-state index in [1.165, 1.54) is 19.4 Å². The van der Waals surface area contributed by atoms with Crippen molar-refractivity contribution >= 4 is 0 Å². The summed E-state index contributed by atoms with van der Waals surface area (Å²) in [6, 6.07) is 9.54. The van der Waals surface area contributed by atoms with Crippen molar-refractivity contribution in [3.05, 3.63) is 35.4 Å². The van der Waals surface area contributed by atoms with Crippen LogP contribution in [0.3, 0.4) is 0 Å². The van der Waals surface area contributed by atoms with Crippen molar-refractivity contribution in [1.82, 2.24) is 5.32 Å². The average molecular weight is 159 g/mol. The average Bonchev–Trinajstić information content (AvgIpc) is 2.05. The minimum atomic E-state index is 0.690. The molecule has 1 heteroatoms. The van der Waals surface area contributed by atoms with Gasteiger partial charge in [0.2, 0.25) is 0 Å². The van der Waals surface area contributed by atoms with Crippen molar-refractivity contribution < 1.29 is 0 Å². The van der Waals surface area contributed by atoms with Crippen LogP contribution in [0.5, 0.6) is 0 Å². The van der Waals surface area contributed by atoms with Crippen molar-refractivity contribution in [2.45, 2.75) is 18.9 Å². The molecule has 1 saturated heterocycles.